The number of alkyl halides is 3. The third kappa shape index (κ3) is 7.64. The predicted octanol–water partition coefficient (Wildman–Crippen LogP) is 9.73. The van der Waals surface area contributed by atoms with Gasteiger partial charge in [0.25, 0.3) is 0 Å². The van der Waals surface area contributed by atoms with E-state index in [4.69, 9.17) is 18.6 Å². The van der Waals surface area contributed by atoms with E-state index in [0.717, 1.165) is 16.7 Å². The summed E-state index contributed by atoms with van der Waals surface area (Å²) in [7, 11) is 1.47. The number of amides is 1. The molecule has 1 amide bonds. The number of rotatable bonds is 9. The molecular formula is C48H48F3N3O6. The van der Waals surface area contributed by atoms with Gasteiger partial charge in [-0.05, 0) is 74.6 Å². The van der Waals surface area contributed by atoms with Crippen LogP contribution in [-0.4, -0.2) is 71.1 Å². The number of fused-ring (bicyclic) bond motifs is 3. The molecule has 2 aliphatic rings. The summed E-state index contributed by atoms with van der Waals surface area (Å²) < 4.78 is 69.1. The van der Waals surface area contributed by atoms with Crippen molar-refractivity contribution in [3.63, 3.8) is 0 Å². The highest BCUT2D eigenvalue weighted by atomic mass is 19.4. The van der Waals surface area contributed by atoms with Crippen molar-refractivity contribution in [2.45, 2.75) is 76.0 Å². The van der Waals surface area contributed by atoms with Gasteiger partial charge in [0.05, 0.1) is 31.8 Å². The molecular weight excluding hydrogens is 772 g/mol. The highest BCUT2D eigenvalue weighted by Crippen LogP contribution is 2.47. The second-order valence-corrected chi connectivity index (χ2v) is 16.6. The van der Waals surface area contributed by atoms with E-state index in [1.807, 2.05) is 118 Å². The summed E-state index contributed by atoms with van der Waals surface area (Å²) in [5.74, 6) is 0.186. The first kappa shape index (κ1) is 40.8. The smallest absolute Gasteiger partial charge is 0.421 e. The van der Waals surface area contributed by atoms with Crippen LogP contribution in [0.3, 0.4) is 0 Å². The van der Waals surface area contributed by atoms with Crippen LogP contribution in [0.25, 0.3) is 11.1 Å². The van der Waals surface area contributed by atoms with Gasteiger partial charge < -0.3 is 23.5 Å². The number of carbonyl (C=O) groups is 1. The number of hydrogen-bond donors (Lipinski definition) is 0. The lowest BCUT2D eigenvalue weighted by molar-refractivity contribution is -0.155. The van der Waals surface area contributed by atoms with Crippen molar-refractivity contribution in [2.75, 3.05) is 26.7 Å². The minimum Gasteiger partial charge on any atom is -0.496 e. The normalized spacial score (nSPS) is 18.7. The van der Waals surface area contributed by atoms with Crippen molar-refractivity contribution in [1.82, 2.24) is 14.4 Å². The van der Waals surface area contributed by atoms with Gasteiger partial charge in [-0.25, -0.2) is 9.59 Å². The molecule has 0 saturated carbocycles. The molecule has 3 atom stereocenters. The molecule has 60 heavy (non-hydrogen) atoms. The van der Waals surface area contributed by atoms with Crippen LogP contribution in [0.2, 0.25) is 0 Å². The molecule has 0 aliphatic carbocycles. The summed E-state index contributed by atoms with van der Waals surface area (Å²) in [5.41, 5.74) is 3.23. The Morgan fingerprint density at radius 1 is 0.817 bits per heavy atom. The number of aromatic nitrogens is 1. The number of likely N-dealkylation sites (tertiary alicyclic amines) is 1. The van der Waals surface area contributed by atoms with E-state index < -0.39 is 47.8 Å². The first-order chi connectivity index (χ1) is 28.7. The van der Waals surface area contributed by atoms with Gasteiger partial charge >= 0.3 is 18.0 Å². The summed E-state index contributed by atoms with van der Waals surface area (Å²) in [5, 5.41) is 0. The SMILES string of the molecule is COc1cc(O[C@H]2CCN(C(=O)OC(C)(C)C)C2)ccc1[C@@H]1c2ccc3c(oc(=O)n3C(c3ccccc3)(c3ccccc3)c3ccccc3)c2C[C@@H](C)N1CC(F)(F)F. The van der Waals surface area contributed by atoms with Crippen LogP contribution in [0.15, 0.2) is 131 Å². The Bertz CT molecular complexity index is 2440. The quantitative estimate of drug-likeness (QED) is 0.134. The minimum absolute atomic E-state index is 0.195. The lowest BCUT2D eigenvalue weighted by Gasteiger charge is -2.43. The predicted molar refractivity (Wildman–Crippen MR) is 223 cm³/mol. The summed E-state index contributed by atoms with van der Waals surface area (Å²) in [4.78, 5) is 30.4. The number of hydrogen-bond acceptors (Lipinski definition) is 7. The van der Waals surface area contributed by atoms with Gasteiger partial charge in [-0.15, -0.1) is 0 Å². The van der Waals surface area contributed by atoms with E-state index in [0.29, 0.717) is 58.8 Å². The maximum atomic E-state index is 14.6. The molecule has 5 aromatic carbocycles. The van der Waals surface area contributed by atoms with Gasteiger partial charge in [0.2, 0.25) is 0 Å². The van der Waals surface area contributed by atoms with Crippen LogP contribution in [0.5, 0.6) is 11.5 Å². The van der Waals surface area contributed by atoms with Crippen LogP contribution >= 0.6 is 0 Å². The zero-order chi connectivity index (χ0) is 42.4. The summed E-state index contributed by atoms with van der Waals surface area (Å²) in [6.45, 7) is 6.82. The van der Waals surface area contributed by atoms with E-state index in [1.54, 1.807) is 40.7 Å². The van der Waals surface area contributed by atoms with Gasteiger partial charge in [0.1, 0.15) is 28.7 Å². The molecule has 6 aromatic rings. The third-order valence-corrected chi connectivity index (χ3v) is 11.5. The zero-order valence-electron chi connectivity index (χ0n) is 34.2. The van der Waals surface area contributed by atoms with E-state index in [-0.39, 0.29) is 12.5 Å². The van der Waals surface area contributed by atoms with Crippen LogP contribution in [0.4, 0.5) is 18.0 Å². The van der Waals surface area contributed by atoms with Crippen LogP contribution in [-0.2, 0) is 16.7 Å². The fourth-order valence-corrected chi connectivity index (χ4v) is 9.01. The molecule has 0 bridgehead atoms. The average molecular weight is 820 g/mol. The lowest BCUT2D eigenvalue weighted by Crippen LogP contribution is -2.47. The highest BCUT2D eigenvalue weighted by molar-refractivity contribution is 5.81. The standard InChI is InChI=1S/C48H48F3N3O6/c1-31-27-39-37(42(53(31)30-47(49,50)51)38-22-21-35(28-41(38)57-5)58-36-25-26-52(29-36)44(55)60-46(2,3)4)23-24-40-43(39)59-45(56)54(40)48(32-15-9-6-10-16-32,33-17-11-7-12-18-33)34-19-13-8-14-20-34/h6-24,28,31,36,42H,25-27,29-30H2,1-5H3/t31-,36+,42+/m1/s1. The van der Waals surface area contributed by atoms with Crippen molar-refractivity contribution in [2.24, 2.45) is 0 Å². The number of oxazole rings is 1. The minimum atomic E-state index is -4.51. The van der Waals surface area contributed by atoms with Gasteiger partial charge in [0, 0.05) is 36.2 Å². The molecule has 0 spiro atoms. The molecule has 1 aromatic heterocycles. The Labute approximate surface area is 346 Å². The second-order valence-electron chi connectivity index (χ2n) is 16.6. The molecule has 9 nitrogen and oxygen atoms in total. The van der Waals surface area contributed by atoms with Crippen molar-refractivity contribution >= 4 is 17.2 Å². The molecule has 12 heteroatoms. The Kier molecular flexibility index (Phi) is 10.8. The number of halogens is 3. The maximum Gasteiger partial charge on any atom is 0.421 e. The van der Waals surface area contributed by atoms with E-state index in [9.17, 15) is 22.8 Å². The Morgan fingerprint density at radius 3 is 1.95 bits per heavy atom. The molecule has 8 rings (SSSR count). The lowest BCUT2D eigenvalue weighted by atomic mass is 9.76. The molecule has 1 saturated heterocycles. The van der Waals surface area contributed by atoms with Gasteiger partial charge in [-0.2, -0.15) is 13.2 Å². The van der Waals surface area contributed by atoms with Gasteiger partial charge in [0.15, 0.2) is 5.58 Å². The number of methoxy groups -OCH3 is 1. The summed E-state index contributed by atoms with van der Waals surface area (Å²) in [6.07, 6.45) is -4.47. The first-order valence-electron chi connectivity index (χ1n) is 20.2. The largest absolute Gasteiger partial charge is 0.496 e. The van der Waals surface area contributed by atoms with Crippen LogP contribution in [0.1, 0.15) is 73.5 Å². The monoisotopic (exact) mass is 819 g/mol. The first-order valence-corrected chi connectivity index (χ1v) is 20.2. The van der Waals surface area contributed by atoms with Crippen LogP contribution in [0, 0.1) is 0 Å². The molecule has 312 valence electrons. The van der Waals surface area contributed by atoms with Crippen molar-refractivity contribution < 1.29 is 36.6 Å². The number of nitrogens with zero attached hydrogens (tertiary/aromatic N) is 3. The van der Waals surface area contributed by atoms with Crippen molar-refractivity contribution in [3.8, 4) is 11.5 Å². The summed E-state index contributed by atoms with van der Waals surface area (Å²) in [6, 6.07) is 36.5. The number of benzene rings is 5. The van der Waals surface area contributed by atoms with Crippen molar-refractivity contribution in [1.29, 1.82) is 0 Å². The van der Waals surface area contributed by atoms with Gasteiger partial charge in [-0.1, -0.05) is 97.1 Å². The Morgan fingerprint density at radius 2 is 1.40 bits per heavy atom. The molecule has 3 heterocycles. The molecule has 0 N–H and O–H groups in total. The molecule has 1 fully saturated rings. The summed E-state index contributed by atoms with van der Waals surface area (Å²) >= 11 is 0. The van der Waals surface area contributed by atoms with E-state index >= 15 is 0 Å². The number of ether oxygens (including phenoxy) is 3. The highest BCUT2D eigenvalue weighted by Gasteiger charge is 2.45. The average Bonchev–Trinajstić information content (AvgIpc) is 3.83. The van der Waals surface area contributed by atoms with Gasteiger partial charge in [-0.3, -0.25) is 9.47 Å². The third-order valence-electron chi connectivity index (χ3n) is 11.5. The van der Waals surface area contributed by atoms with E-state index in [1.165, 1.54) is 12.0 Å². The molecule has 0 unspecified atom stereocenters. The topological polar surface area (TPSA) is 86.4 Å². The fraction of sp³-hybridized carbons (Fsp3) is 0.333. The fourth-order valence-electron chi connectivity index (χ4n) is 9.01. The Hall–Kier alpha value is -6.01. The maximum absolute atomic E-state index is 14.6. The Balaban J connectivity index is 1.25. The van der Waals surface area contributed by atoms with E-state index in [2.05, 4.69) is 0 Å². The van der Waals surface area contributed by atoms with Crippen molar-refractivity contribution in [3.05, 3.63) is 165 Å². The zero-order valence-corrected chi connectivity index (χ0v) is 34.2. The molecule has 2 aliphatic heterocycles. The second kappa shape index (κ2) is 15.9. The number of carbonyl (C=O) groups excluding carboxylic acids is 1. The molecule has 0 radical (unpaired) electrons. The van der Waals surface area contributed by atoms with Crippen LogP contribution < -0.4 is 15.2 Å².